The van der Waals surface area contributed by atoms with E-state index in [9.17, 15) is 18.0 Å². The number of hydrogen-bond acceptors (Lipinski definition) is 2. The Labute approximate surface area is 122 Å². The van der Waals surface area contributed by atoms with Gasteiger partial charge in [0.15, 0.2) is 0 Å². The summed E-state index contributed by atoms with van der Waals surface area (Å²) in [6.45, 7) is 1.19. The Kier molecular flexibility index (Phi) is 4.88. The average molecular weight is 300 g/mol. The molecule has 116 valence electrons. The molecule has 1 aliphatic rings. The standard InChI is InChI=1S/C15H19F3N2O/c1-19-12-6-8-20(9-7-12)14(21)10-11-4-2-3-5-13(11)15(16,17)18/h2-5,12,19H,6-10H2,1H3. The number of alkyl halides is 3. The maximum absolute atomic E-state index is 12.9. The second-order valence-electron chi connectivity index (χ2n) is 5.28. The Bertz CT molecular complexity index is 494. The van der Waals surface area contributed by atoms with E-state index < -0.39 is 11.7 Å². The lowest BCUT2D eigenvalue weighted by atomic mass is 10.0. The average Bonchev–Trinajstić information content (AvgIpc) is 2.47. The second-order valence-corrected chi connectivity index (χ2v) is 5.28. The Balaban J connectivity index is 2.04. The summed E-state index contributed by atoms with van der Waals surface area (Å²) < 4.78 is 38.7. The van der Waals surface area contributed by atoms with Gasteiger partial charge in [0.1, 0.15) is 0 Å². The number of carbonyl (C=O) groups excluding carboxylic acids is 1. The van der Waals surface area contributed by atoms with E-state index in [1.807, 2.05) is 7.05 Å². The van der Waals surface area contributed by atoms with Crippen molar-refractivity contribution in [3.8, 4) is 0 Å². The van der Waals surface area contributed by atoms with Crippen LogP contribution in [0.2, 0.25) is 0 Å². The molecule has 1 amide bonds. The van der Waals surface area contributed by atoms with Crippen molar-refractivity contribution >= 4 is 5.91 Å². The maximum atomic E-state index is 12.9. The van der Waals surface area contributed by atoms with E-state index in [1.165, 1.54) is 18.2 Å². The van der Waals surface area contributed by atoms with E-state index in [-0.39, 0.29) is 17.9 Å². The second kappa shape index (κ2) is 6.47. The van der Waals surface area contributed by atoms with Gasteiger partial charge in [-0.05, 0) is 31.5 Å². The van der Waals surface area contributed by atoms with Gasteiger partial charge < -0.3 is 10.2 Å². The summed E-state index contributed by atoms with van der Waals surface area (Å²) in [5.74, 6) is -0.235. The SMILES string of the molecule is CNC1CCN(C(=O)Cc2ccccc2C(F)(F)F)CC1. The van der Waals surface area contributed by atoms with Gasteiger partial charge in [-0.2, -0.15) is 13.2 Å². The summed E-state index contributed by atoms with van der Waals surface area (Å²) in [5.41, 5.74) is -0.672. The zero-order chi connectivity index (χ0) is 15.5. The van der Waals surface area contributed by atoms with Crippen LogP contribution in [0.4, 0.5) is 13.2 Å². The van der Waals surface area contributed by atoms with Crippen molar-refractivity contribution in [3.63, 3.8) is 0 Å². The van der Waals surface area contributed by atoms with Gasteiger partial charge >= 0.3 is 6.18 Å². The first-order valence-electron chi connectivity index (χ1n) is 7.02. The van der Waals surface area contributed by atoms with Crippen molar-refractivity contribution in [2.75, 3.05) is 20.1 Å². The van der Waals surface area contributed by atoms with E-state index in [1.54, 1.807) is 4.90 Å². The molecule has 0 aliphatic carbocycles. The van der Waals surface area contributed by atoms with Crippen LogP contribution >= 0.6 is 0 Å². The lowest BCUT2D eigenvalue weighted by molar-refractivity contribution is -0.138. The van der Waals surface area contributed by atoms with Crippen LogP contribution in [0.1, 0.15) is 24.0 Å². The number of likely N-dealkylation sites (tertiary alicyclic amines) is 1. The van der Waals surface area contributed by atoms with Gasteiger partial charge in [-0.15, -0.1) is 0 Å². The topological polar surface area (TPSA) is 32.3 Å². The van der Waals surface area contributed by atoms with Crippen molar-refractivity contribution in [3.05, 3.63) is 35.4 Å². The summed E-state index contributed by atoms with van der Waals surface area (Å²) in [7, 11) is 1.88. The van der Waals surface area contributed by atoms with Gasteiger partial charge in [0, 0.05) is 19.1 Å². The summed E-state index contributed by atoms with van der Waals surface area (Å²) in [6, 6.07) is 5.66. The van der Waals surface area contributed by atoms with Crippen LogP contribution in [0, 0.1) is 0 Å². The fraction of sp³-hybridized carbons (Fsp3) is 0.533. The van der Waals surface area contributed by atoms with Gasteiger partial charge in [-0.1, -0.05) is 18.2 Å². The molecule has 0 atom stereocenters. The predicted molar refractivity (Wildman–Crippen MR) is 73.8 cm³/mol. The Morgan fingerprint density at radius 2 is 1.90 bits per heavy atom. The molecular weight excluding hydrogens is 281 g/mol. The van der Waals surface area contributed by atoms with Crippen molar-refractivity contribution < 1.29 is 18.0 Å². The molecule has 0 bridgehead atoms. The first kappa shape index (κ1) is 15.8. The molecule has 3 nitrogen and oxygen atoms in total. The predicted octanol–water partition coefficient (Wildman–Crippen LogP) is 2.46. The minimum absolute atomic E-state index is 0.0470. The fourth-order valence-corrected chi connectivity index (χ4v) is 2.64. The van der Waals surface area contributed by atoms with E-state index >= 15 is 0 Å². The van der Waals surface area contributed by atoms with Crippen LogP contribution in [-0.2, 0) is 17.4 Å². The van der Waals surface area contributed by atoms with E-state index in [2.05, 4.69) is 5.32 Å². The van der Waals surface area contributed by atoms with Gasteiger partial charge in [0.25, 0.3) is 0 Å². The molecule has 1 aliphatic heterocycles. The molecular formula is C15H19F3N2O. The third-order valence-corrected chi connectivity index (χ3v) is 3.92. The van der Waals surface area contributed by atoms with E-state index in [0.717, 1.165) is 18.9 Å². The number of halogens is 3. The van der Waals surface area contributed by atoms with Crippen LogP contribution in [0.25, 0.3) is 0 Å². The summed E-state index contributed by atoms with van der Waals surface area (Å²) >= 11 is 0. The quantitative estimate of drug-likeness (QED) is 0.930. The lowest BCUT2D eigenvalue weighted by Crippen LogP contribution is -2.44. The molecule has 1 aromatic carbocycles. The van der Waals surface area contributed by atoms with Gasteiger partial charge in [-0.25, -0.2) is 0 Å². The molecule has 0 radical (unpaired) electrons. The first-order valence-corrected chi connectivity index (χ1v) is 7.02. The minimum atomic E-state index is -4.42. The zero-order valence-corrected chi connectivity index (χ0v) is 11.9. The van der Waals surface area contributed by atoms with Crippen molar-refractivity contribution in [1.29, 1.82) is 0 Å². The molecule has 0 unspecified atom stereocenters. The zero-order valence-electron chi connectivity index (χ0n) is 11.9. The first-order chi connectivity index (χ1) is 9.91. The lowest BCUT2D eigenvalue weighted by Gasteiger charge is -2.32. The largest absolute Gasteiger partial charge is 0.416 e. The molecule has 2 rings (SSSR count). The molecule has 1 fully saturated rings. The molecule has 1 saturated heterocycles. The highest BCUT2D eigenvalue weighted by atomic mass is 19.4. The number of amides is 1. The Morgan fingerprint density at radius 3 is 2.48 bits per heavy atom. The van der Waals surface area contributed by atoms with Gasteiger partial charge in [0.05, 0.1) is 12.0 Å². The maximum Gasteiger partial charge on any atom is 0.416 e. The van der Waals surface area contributed by atoms with Crippen LogP contribution in [-0.4, -0.2) is 37.0 Å². The molecule has 0 spiro atoms. The van der Waals surface area contributed by atoms with Crippen molar-refractivity contribution in [2.24, 2.45) is 0 Å². The number of nitrogens with one attached hydrogen (secondary N) is 1. The molecule has 0 aromatic heterocycles. The van der Waals surface area contributed by atoms with E-state index in [4.69, 9.17) is 0 Å². The van der Waals surface area contributed by atoms with Crippen LogP contribution in [0.3, 0.4) is 0 Å². The summed E-state index contributed by atoms with van der Waals surface area (Å²) in [4.78, 5) is 13.8. The minimum Gasteiger partial charge on any atom is -0.342 e. The number of carbonyl (C=O) groups is 1. The number of rotatable bonds is 3. The molecule has 1 heterocycles. The molecule has 21 heavy (non-hydrogen) atoms. The Hall–Kier alpha value is -1.56. The van der Waals surface area contributed by atoms with E-state index in [0.29, 0.717) is 19.1 Å². The molecule has 6 heteroatoms. The third kappa shape index (κ3) is 3.97. The normalized spacial score (nSPS) is 17.0. The van der Waals surface area contributed by atoms with Crippen LogP contribution < -0.4 is 5.32 Å². The highest BCUT2D eigenvalue weighted by molar-refractivity contribution is 5.79. The Morgan fingerprint density at radius 1 is 1.29 bits per heavy atom. The summed E-state index contributed by atoms with van der Waals surface area (Å²) in [6.07, 6.45) is -2.94. The summed E-state index contributed by atoms with van der Waals surface area (Å²) in [5, 5.41) is 3.16. The highest BCUT2D eigenvalue weighted by Crippen LogP contribution is 2.32. The molecule has 1 aromatic rings. The molecule has 1 N–H and O–H groups in total. The molecule has 0 saturated carbocycles. The van der Waals surface area contributed by atoms with Crippen molar-refractivity contribution in [1.82, 2.24) is 10.2 Å². The van der Waals surface area contributed by atoms with Crippen LogP contribution in [0.5, 0.6) is 0 Å². The van der Waals surface area contributed by atoms with Gasteiger partial charge in [-0.3, -0.25) is 4.79 Å². The highest BCUT2D eigenvalue weighted by Gasteiger charge is 2.33. The van der Waals surface area contributed by atoms with Crippen molar-refractivity contribution in [2.45, 2.75) is 31.5 Å². The fourth-order valence-electron chi connectivity index (χ4n) is 2.64. The smallest absolute Gasteiger partial charge is 0.342 e. The number of piperidine rings is 1. The van der Waals surface area contributed by atoms with Crippen LogP contribution in [0.15, 0.2) is 24.3 Å². The number of nitrogens with zero attached hydrogens (tertiary/aromatic N) is 1. The van der Waals surface area contributed by atoms with Gasteiger partial charge in [0.2, 0.25) is 5.91 Å². The third-order valence-electron chi connectivity index (χ3n) is 3.92. The monoisotopic (exact) mass is 300 g/mol. The number of benzene rings is 1. The number of hydrogen-bond donors (Lipinski definition) is 1.